The Morgan fingerprint density at radius 2 is 2.09 bits per heavy atom. The monoisotopic (exact) mass is 319 g/mol. The summed E-state index contributed by atoms with van der Waals surface area (Å²) in [7, 11) is 0. The smallest absolute Gasteiger partial charge is 0.247 e. The van der Waals surface area contributed by atoms with E-state index in [9.17, 15) is 4.79 Å². The van der Waals surface area contributed by atoms with E-state index in [0.717, 1.165) is 11.3 Å². The molecule has 1 amide bonds. The third-order valence-electron chi connectivity index (χ3n) is 3.65. The number of nitrogens with one attached hydrogen (secondary N) is 1. The molecule has 0 fully saturated rings. The SMILES string of the molecule is CCC(C(=O)Nc1ccc(C)c(C)c1)n1c(N)nnc1SC. The Morgan fingerprint density at radius 3 is 2.68 bits per heavy atom. The van der Waals surface area contributed by atoms with Gasteiger partial charge in [-0.25, -0.2) is 0 Å². The summed E-state index contributed by atoms with van der Waals surface area (Å²) >= 11 is 1.42. The number of carbonyl (C=O) groups excluding carboxylic acids is 1. The zero-order valence-electron chi connectivity index (χ0n) is 13.3. The summed E-state index contributed by atoms with van der Waals surface area (Å²) < 4.78 is 1.68. The fourth-order valence-corrected chi connectivity index (χ4v) is 2.79. The molecule has 0 spiro atoms. The van der Waals surface area contributed by atoms with E-state index in [4.69, 9.17) is 5.73 Å². The van der Waals surface area contributed by atoms with E-state index in [1.807, 2.05) is 45.2 Å². The average Bonchev–Trinajstić information content (AvgIpc) is 2.85. The summed E-state index contributed by atoms with van der Waals surface area (Å²) in [5.74, 6) is 0.138. The lowest BCUT2D eigenvalue weighted by molar-refractivity contribution is -0.119. The van der Waals surface area contributed by atoms with Gasteiger partial charge in [-0.15, -0.1) is 10.2 Å². The number of benzene rings is 1. The molecule has 1 aromatic carbocycles. The van der Waals surface area contributed by atoms with Crippen LogP contribution in [0.2, 0.25) is 0 Å². The molecule has 2 rings (SSSR count). The van der Waals surface area contributed by atoms with Crippen molar-refractivity contribution in [2.24, 2.45) is 0 Å². The number of hydrogen-bond donors (Lipinski definition) is 2. The lowest BCUT2D eigenvalue weighted by atomic mass is 10.1. The average molecular weight is 319 g/mol. The molecule has 22 heavy (non-hydrogen) atoms. The highest BCUT2D eigenvalue weighted by Crippen LogP contribution is 2.25. The van der Waals surface area contributed by atoms with Gasteiger partial charge in [0, 0.05) is 5.69 Å². The number of carbonyl (C=O) groups is 1. The van der Waals surface area contributed by atoms with Crippen LogP contribution in [-0.4, -0.2) is 26.9 Å². The van der Waals surface area contributed by atoms with Crippen molar-refractivity contribution in [3.63, 3.8) is 0 Å². The van der Waals surface area contributed by atoms with Gasteiger partial charge in [-0.05, 0) is 49.8 Å². The van der Waals surface area contributed by atoms with E-state index >= 15 is 0 Å². The molecule has 6 nitrogen and oxygen atoms in total. The first kappa shape index (κ1) is 16.4. The lowest BCUT2D eigenvalue weighted by Crippen LogP contribution is -2.27. The molecule has 1 aromatic heterocycles. The minimum absolute atomic E-state index is 0.118. The van der Waals surface area contributed by atoms with Crippen LogP contribution in [0.5, 0.6) is 0 Å². The molecule has 0 aliphatic heterocycles. The van der Waals surface area contributed by atoms with Crippen molar-refractivity contribution in [3.8, 4) is 0 Å². The number of thioether (sulfide) groups is 1. The number of aryl methyl sites for hydroxylation is 2. The van der Waals surface area contributed by atoms with Crippen LogP contribution in [0.15, 0.2) is 23.4 Å². The third kappa shape index (κ3) is 3.24. The molecule has 7 heteroatoms. The highest BCUT2D eigenvalue weighted by molar-refractivity contribution is 7.98. The molecule has 0 aliphatic rings. The fourth-order valence-electron chi connectivity index (χ4n) is 2.25. The van der Waals surface area contributed by atoms with Crippen LogP contribution in [0.1, 0.15) is 30.5 Å². The number of aromatic nitrogens is 3. The van der Waals surface area contributed by atoms with E-state index in [1.165, 1.54) is 17.3 Å². The van der Waals surface area contributed by atoms with Gasteiger partial charge in [-0.3, -0.25) is 9.36 Å². The molecular formula is C15H21N5OS. The molecule has 1 heterocycles. The first-order chi connectivity index (χ1) is 10.5. The zero-order valence-corrected chi connectivity index (χ0v) is 14.1. The van der Waals surface area contributed by atoms with Crippen molar-refractivity contribution in [2.75, 3.05) is 17.3 Å². The number of hydrogen-bond acceptors (Lipinski definition) is 5. The van der Waals surface area contributed by atoms with Gasteiger partial charge in [-0.1, -0.05) is 24.8 Å². The van der Waals surface area contributed by atoms with E-state index in [2.05, 4.69) is 15.5 Å². The zero-order chi connectivity index (χ0) is 16.3. The molecule has 0 bridgehead atoms. The number of nitrogen functional groups attached to an aromatic ring is 1. The Bertz CT molecular complexity index is 683. The number of anilines is 2. The molecule has 118 valence electrons. The predicted molar refractivity (Wildman–Crippen MR) is 90.1 cm³/mol. The van der Waals surface area contributed by atoms with Gasteiger partial charge >= 0.3 is 0 Å². The molecule has 0 saturated carbocycles. The van der Waals surface area contributed by atoms with Gasteiger partial charge in [-0.2, -0.15) is 0 Å². The summed E-state index contributed by atoms with van der Waals surface area (Å²) in [6, 6.07) is 5.42. The van der Waals surface area contributed by atoms with E-state index in [-0.39, 0.29) is 11.9 Å². The molecule has 0 radical (unpaired) electrons. The van der Waals surface area contributed by atoms with Crippen LogP contribution in [0.4, 0.5) is 11.6 Å². The molecule has 1 unspecified atom stereocenters. The van der Waals surface area contributed by atoms with E-state index in [0.29, 0.717) is 11.6 Å². The first-order valence-electron chi connectivity index (χ1n) is 7.10. The molecule has 3 N–H and O–H groups in total. The van der Waals surface area contributed by atoms with Gasteiger partial charge < -0.3 is 11.1 Å². The van der Waals surface area contributed by atoms with Crippen molar-refractivity contribution < 1.29 is 4.79 Å². The Hall–Kier alpha value is -2.02. The summed E-state index contributed by atoms with van der Waals surface area (Å²) in [6.45, 7) is 6.00. The number of nitrogens with zero attached hydrogens (tertiary/aromatic N) is 3. The number of nitrogens with two attached hydrogens (primary N) is 1. The Labute approximate surface area is 134 Å². The predicted octanol–water partition coefficient (Wildman–Crippen LogP) is 2.79. The van der Waals surface area contributed by atoms with Crippen LogP contribution in [0.25, 0.3) is 0 Å². The molecular weight excluding hydrogens is 298 g/mol. The summed E-state index contributed by atoms with van der Waals surface area (Å²) in [4.78, 5) is 12.6. The Morgan fingerprint density at radius 1 is 1.36 bits per heavy atom. The summed E-state index contributed by atoms with van der Waals surface area (Å²) in [6.07, 6.45) is 2.49. The number of rotatable bonds is 5. The van der Waals surface area contributed by atoms with Crippen molar-refractivity contribution in [2.45, 2.75) is 38.4 Å². The van der Waals surface area contributed by atoms with Crippen molar-refractivity contribution in [1.29, 1.82) is 0 Å². The normalized spacial score (nSPS) is 12.2. The molecule has 2 aromatic rings. The standard InChI is InChI=1S/C15H21N5OS/c1-5-12(20-14(16)18-19-15(20)22-4)13(21)17-11-7-6-9(2)10(3)8-11/h6-8,12H,5H2,1-4H3,(H2,16,18)(H,17,21). The maximum atomic E-state index is 12.6. The quantitative estimate of drug-likeness (QED) is 0.828. The number of amides is 1. The Balaban J connectivity index is 2.25. The van der Waals surface area contributed by atoms with Crippen LogP contribution in [-0.2, 0) is 4.79 Å². The van der Waals surface area contributed by atoms with Crippen molar-refractivity contribution >= 4 is 29.3 Å². The topological polar surface area (TPSA) is 85.8 Å². The van der Waals surface area contributed by atoms with Crippen LogP contribution in [0, 0.1) is 13.8 Å². The second kappa shape index (κ2) is 6.83. The highest BCUT2D eigenvalue weighted by atomic mass is 32.2. The Kier molecular flexibility index (Phi) is 5.07. The summed E-state index contributed by atoms with van der Waals surface area (Å²) in [5.41, 5.74) is 8.98. The molecule has 0 aliphatic carbocycles. The second-order valence-electron chi connectivity index (χ2n) is 5.13. The minimum Gasteiger partial charge on any atom is -0.368 e. The van der Waals surface area contributed by atoms with Gasteiger partial charge in [0.2, 0.25) is 11.9 Å². The van der Waals surface area contributed by atoms with Crippen LogP contribution < -0.4 is 11.1 Å². The van der Waals surface area contributed by atoms with Gasteiger partial charge in [0.15, 0.2) is 5.16 Å². The van der Waals surface area contributed by atoms with Crippen LogP contribution in [0.3, 0.4) is 0 Å². The molecule has 0 saturated heterocycles. The van der Waals surface area contributed by atoms with E-state index in [1.54, 1.807) is 4.57 Å². The maximum absolute atomic E-state index is 12.6. The molecule has 1 atom stereocenters. The highest BCUT2D eigenvalue weighted by Gasteiger charge is 2.24. The van der Waals surface area contributed by atoms with Gasteiger partial charge in [0.25, 0.3) is 0 Å². The third-order valence-corrected chi connectivity index (χ3v) is 4.29. The second-order valence-corrected chi connectivity index (χ2v) is 5.90. The first-order valence-corrected chi connectivity index (χ1v) is 8.32. The van der Waals surface area contributed by atoms with E-state index < -0.39 is 6.04 Å². The van der Waals surface area contributed by atoms with Crippen molar-refractivity contribution in [1.82, 2.24) is 14.8 Å². The maximum Gasteiger partial charge on any atom is 0.247 e. The van der Waals surface area contributed by atoms with Crippen molar-refractivity contribution in [3.05, 3.63) is 29.3 Å². The van der Waals surface area contributed by atoms with Gasteiger partial charge in [0.1, 0.15) is 6.04 Å². The van der Waals surface area contributed by atoms with Crippen LogP contribution >= 0.6 is 11.8 Å². The largest absolute Gasteiger partial charge is 0.368 e. The fraction of sp³-hybridized carbons (Fsp3) is 0.400. The lowest BCUT2D eigenvalue weighted by Gasteiger charge is -2.19. The summed E-state index contributed by atoms with van der Waals surface area (Å²) in [5, 5.41) is 11.4. The minimum atomic E-state index is -0.431. The van der Waals surface area contributed by atoms with Gasteiger partial charge in [0.05, 0.1) is 0 Å².